The highest BCUT2D eigenvalue weighted by Crippen LogP contribution is 2.03. The van der Waals surface area contributed by atoms with Crippen molar-refractivity contribution in [3.63, 3.8) is 0 Å². The number of hydrogen-bond acceptors (Lipinski definition) is 4. The van der Waals surface area contributed by atoms with Gasteiger partial charge in [0.1, 0.15) is 5.88 Å². The van der Waals surface area contributed by atoms with E-state index in [4.69, 9.17) is 4.74 Å². The van der Waals surface area contributed by atoms with Gasteiger partial charge in [0, 0.05) is 26.2 Å². The molecule has 5 nitrogen and oxygen atoms in total. The molecule has 13 heavy (non-hydrogen) atoms. The fourth-order valence-electron chi connectivity index (χ4n) is 1.20. The standard InChI is InChI=1S/C7H16N2O3S/c1-2-12-6-5-9-4-3-8-7-13(9,10)11/h8H,2-7H2,1H3. The van der Waals surface area contributed by atoms with Crippen molar-refractivity contribution >= 4 is 10.0 Å². The second kappa shape index (κ2) is 4.90. The molecule has 1 aliphatic heterocycles. The van der Waals surface area contributed by atoms with E-state index in [2.05, 4.69) is 5.32 Å². The smallest absolute Gasteiger partial charge is 0.227 e. The number of nitrogens with zero attached hydrogens (tertiary/aromatic N) is 1. The first-order chi connectivity index (χ1) is 6.17. The van der Waals surface area contributed by atoms with E-state index in [0.717, 1.165) is 6.54 Å². The Kier molecular flexibility index (Phi) is 4.11. The Bertz CT molecular complexity index is 240. The van der Waals surface area contributed by atoms with E-state index in [9.17, 15) is 8.42 Å². The molecule has 0 saturated carbocycles. The maximum Gasteiger partial charge on any atom is 0.227 e. The number of sulfonamides is 1. The quantitative estimate of drug-likeness (QED) is 0.615. The molecule has 0 aromatic rings. The lowest BCUT2D eigenvalue weighted by atomic mass is 10.5. The highest BCUT2D eigenvalue weighted by atomic mass is 32.2. The van der Waals surface area contributed by atoms with E-state index in [1.807, 2.05) is 6.92 Å². The third-order valence-corrected chi connectivity index (χ3v) is 3.63. The lowest BCUT2D eigenvalue weighted by molar-refractivity contribution is 0.133. The second-order valence-electron chi connectivity index (χ2n) is 2.85. The first-order valence-electron chi connectivity index (χ1n) is 4.43. The van der Waals surface area contributed by atoms with Crippen molar-refractivity contribution in [1.29, 1.82) is 0 Å². The van der Waals surface area contributed by atoms with Crippen LogP contribution in [0.2, 0.25) is 0 Å². The largest absolute Gasteiger partial charge is 0.380 e. The molecule has 0 atom stereocenters. The highest BCUT2D eigenvalue weighted by Gasteiger charge is 2.24. The van der Waals surface area contributed by atoms with E-state index >= 15 is 0 Å². The van der Waals surface area contributed by atoms with Gasteiger partial charge in [-0.3, -0.25) is 0 Å². The number of ether oxygens (including phenoxy) is 1. The van der Waals surface area contributed by atoms with Crippen LogP contribution in [0.1, 0.15) is 6.92 Å². The van der Waals surface area contributed by atoms with Crippen molar-refractivity contribution in [2.45, 2.75) is 6.92 Å². The van der Waals surface area contributed by atoms with Crippen molar-refractivity contribution in [3.8, 4) is 0 Å². The molecule has 6 heteroatoms. The molecule has 1 saturated heterocycles. The van der Waals surface area contributed by atoms with Crippen LogP contribution in [-0.2, 0) is 14.8 Å². The van der Waals surface area contributed by atoms with Gasteiger partial charge < -0.3 is 10.1 Å². The first-order valence-corrected chi connectivity index (χ1v) is 6.04. The minimum Gasteiger partial charge on any atom is -0.380 e. The Hall–Kier alpha value is -0.170. The highest BCUT2D eigenvalue weighted by molar-refractivity contribution is 7.89. The fraction of sp³-hybridized carbons (Fsp3) is 1.00. The van der Waals surface area contributed by atoms with Crippen LogP contribution in [0.5, 0.6) is 0 Å². The molecule has 0 spiro atoms. The Morgan fingerprint density at radius 3 is 2.92 bits per heavy atom. The summed E-state index contributed by atoms with van der Waals surface area (Å²) < 4.78 is 29.3. The van der Waals surface area contributed by atoms with Crippen LogP contribution < -0.4 is 5.32 Å². The Morgan fingerprint density at radius 2 is 2.31 bits per heavy atom. The minimum absolute atomic E-state index is 0.0547. The zero-order chi connectivity index (χ0) is 9.73. The van der Waals surface area contributed by atoms with Crippen LogP contribution in [-0.4, -0.2) is 51.4 Å². The molecule has 0 amide bonds. The zero-order valence-corrected chi connectivity index (χ0v) is 8.64. The first kappa shape index (κ1) is 10.9. The van der Waals surface area contributed by atoms with Gasteiger partial charge in [-0.05, 0) is 6.92 Å². The van der Waals surface area contributed by atoms with Crippen LogP contribution in [0.25, 0.3) is 0 Å². The molecule has 0 aromatic heterocycles. The topological polar surface area (TPSA) is 58.6 Å². The van der Waals surface area contributed by atoms with Gasteiger partial charge in [0.15, 0.2) is 0 Å². The van der Waals surface area contributed by atoms with Gasteiger partial charge in [-0.15, -0.1) is 0 Å². The molecule has 0 unspecified atom stereocenters. The number of nitrogens with one attached hydrogen (secondary N) is 1. The Balaban J connectivity index is 2.38. The van der Waals surface area contributed by atoms with Crippen molar-refractivity contribution in [2.24, 2.45) is 0 Å². The van der Waals surface area contributed by atoms with Gasteiger partial charge in [-0.2, -0.15) is 4.31 Å². The van der Waals surface area contributed by atoms with Gasteiger partial charge in [0.05, 0.1) is 6.61 Å². The minimum atomic E-state index is -3.06. The lowest BCUT2D eigenvalue weighted by Crippen LogP contribution is -2.48. The summed E-state index contributed by atoms with van der Waals surface area (Å²) in [6.07, 6.45) is 0. The summed E-state index contributed by atoms with van der Waals surface area (Å²) >= 11 is 0. The van der Waals surface area contributed by atoms with Gasteiger partial charge >= 0.3 is 0 Å². The molecule has 1 heterocycles. The third-order valence-electron chi connectivity index (χ3n) is 1.90. The average molecular weight is 208 g/mol. The van der Waals surface area contributed by atoms with E-state index < -0.39 is 10.0 Å². The maximum absolute atomic E-state index is 11.4. The third kappa shape index (κ3) is 3.22. The molecule has 78 valence electrons. The summed E-state index contributed by atoms with van der Waals surface area (Å²) in [7, 11) is -3.06. The lowest BCUT2D eigenvalue weighted by Gasteiger charge is -2.26. The van der Waals surface area contributed by atoms with E-state index in [1.165, 1.54) is 4.31 Å². The average Bonchev–Trinajstić information content (AvgIpc) is 2.08. The SMILES string of the molecule is CCOCCN1CCNCS1(=O)=O. The summed E-state index contributed by atoms with van der Waals surface area (Å²) in [5, 5.41) is 2.82. The molecule has 0 aromatic carbocycles. The van der Waals surface area contributed by atoms with Crippen molar-refractivity contribution in [3.05, 3.63) is 0 Å². The molecule has 1 aliphatic rings. The summed E-state index contributed by atoms with van der Waals surface area (Å²) in [5.74, 6) is 0.0547. The molecule has 0 aliphatic carbocycles. The van der Waals surface area contributed by atoms with Crippen molar-refractivity contribution in [2.75, 3.05) is 38.7 Å². The van der Waals surface area contributed by atoms with Gasteiger partial charge in [0.2, 0.25) is 10.0 Å². The monoisotopic (exact) mass is 208 g/mol. The van der Waals surface area contributed by atoms with Crippen LogP contribution in [0.3, 0.4) is 0 Å². The zero-order valence-electron chi connectivity index (χ0n) is 7.82. The van der Waals surface area contributed by atoms with Gasteiger partial charge in [0.25, 0.3) is 0 Å². The second-order valence-corrected chi connectivity index (χ2v) is 4.82. The normalized spacial score (nSPS) is 23.2. The van der Waals surface area contributed by atoms with Crippen LogP contribution in [0.4, 0.5) is 0 Å². The molecular formula is C7H16N2O3S. The fourth-order valence-corrected chi connectivity index (χ4v) is 2.50. The Labute approximate surface area is 79.1 Å². The summed E-state index contributed by atoms with van der Waals surface area (Å²) in [6, 6.07) is 0. The molecular weight excluding hydrogens is 192 g/mol. The number of rotatable bonds is 4. The molecule has 0 bridgehead atoms. The molecule has 1 rings (SSSR count). The molecule has 0 radical (unpaired) electrons. The summed E-state index contributed by atoms with van der Waals surface area (Å²) in [5.41, 5.74) is 0. The van der Waals surface area contributed by atoms with E-state index in [-0.39, 0.29) is 5.88 Å². The number of hydrogen-bond donors (Lipinski definition) is 1. The van der Waals surface area contributed by atoms with Crippen LogP contribution >= 0.6 is 0 Å². The predicted molar refractivity (Wildman–Crippen MR) is 49.9 cm³/mol. The molecule has 1 N–H and O–H groups in total. The Morgan fingerprint density at radius 1 is 1.54 bits per heavy atom. The maximum atomic E-state index is 11.4. The predicted octanol–water partition coefficient (Wildman–Crippen LogP) is -0.785. The van der Waals surface area contributed by atoms with Crippen LogP contribution in [0, 0.1) is 0 Å². The molecule has 1 fully saturated rings. The summed E-state index contributed by atoms with van der Waals surface area (Å²) in [4.78, 5) is 0. The van der Waals surface area contributed by atoms with Crippen molar-refractivity contribution in [1.82, 2.24) is 9.62 Å². The van der Waals surface area contributed by atoms with E-state index in [0.29, 0.717) is 26.3 Å². The van der Waals surface area contributed by atoms with Crippen molar-refractivity contribution < 1.29 is 13.2 Å². The van der Waals surface area contributed by atoms with Gasteiger partial charge in [-0.25, -0.2) is 8.42 Å². The summed E-state index contributed by atoms with van der Waals surface area (Å²) in [6.45, 7) is 4.76. The van der Waals surface area contributed by atoms with E-state index in [1.54, 1.807) is 0 Å². The van der Waals surface area contributed by atoms with Gasteiger partial charge in [-0.1, -0.05) is 0 Å². The van der Waals surface area contributed by atoms with Crippen LogP contribution in [0.15, 0.2) is 0 Å².